The molecule has 0 aliphatic heterocycles. The molecule has 0 aromatic rings. The highest BCUT2D eigenvalue weighted by atomic mass is 16.6. The third kappa shape index (κ3) is 15.8. The van der Waals surface area contributed by atoms with Crippen molar-refractivity contribution in [2.45, 2.75) is 109 Å². The highest BCUT2D eigenvalue weighted by molar-refractivity contribution is 5.72. The highest BCUT2D eigenvalue weighted by Crippen LogP contribution is 2.15. The van der Waals surface area contributed by atoms with Crippen molar-refractivity contribution in [3.63, 3.8) is 0 Å². The van der Waals surface area contributed by atoms with E-state index in [0.717, 1.165) is 51.4 Å². The molecule has 3 atom stereocenters. The molecule has 0 saturated heterocycles. The van der Waals surface area contributed by atoms with Crippen molar-refractivity contribution < 1.29 is 34.4 Å². The minimum Gasteiger partial charge on any atom is -0.463 e. The number of esters is 2. The molecular formula is C21H40O7. The van der Waals surface area contributed by atoms with Gasteiger partial charge in [0.25, 0.3) is 0 Å². The van der Waals surface area contributed by atoms with Crippen LogP contribution in [0.1, 0.15) is 90.9 Å². The third-order valence-corrected chi connectivity index (χ3v) is 4.51. The van der Waals surface area contributed by atoms with E-state index >= 15 is 0 Å². The van der Waals surface area contributed by atoms with Crippen molar-refractivity contribution in [3.05, 3.63) is 0 Å². The lowest BCUT2D eigenvalue weighted by Gasteiger charge is -2.19. The summed E-state index contributed by atoms with van der Waals surface area (Å²) < 4.78 is 10.3. The van der Waals surface area contributed by atoms with Gasteiger partial charge in [0, 0.05) is 0 Å². The number of aliphatic hydroxyl groups excluding tert-OH is 3. The lowest BCUT2D eigenvalue weighted by molar-refractivity contribution is -0.158. The number of carbonyl (C=O) groups is 2. The van der Waals surface area contributed by atoms with Crippen molar-refractivity contribution in [1.29, 1.82) is 0 Å². The molecule has 0 fully saturated rings. The molecule has 166 valence electrons. The fourth-order valence-corrected chi connectivity index (χ4v) is 2.82. The van der Waals surface area contributed by atoms with Crippen LogP contribution in [0.3, 0.4) is 0 Å². The molecule has 28 heavy (non-hydrogen) atoms. The summed E-state index contributed by atoms with van der Waals surface area (Å²) in [7, 11) is 0. The fourth-order valence-electron chi connectivity index (χ4n) is 2.82. The van der Waals surface area contributed by atoms with Gasteiger partial charge in [-0.1, -0.05) is 58.8 Å². The van der Waals surface area contributed by atoms with Crippen molar-refractivity contribution in [2.24, 2.45) is 0 Å². The van der Waals surface area contributed by atoms with E-state index in [9.17, 15) is 19.8 Å². The molecule has 7 heteroatoms. The Labute approximate surface area is 169 Å². The summed E-state index contributed by atoms with van der Waals surface area (Å²) in [6.07, 6.45) is 6.63. The van der Waals surface area contributed by atoms with Gasteiger partial charge in [0.1, 0.15) is 18.8 Å². The van der Waals surface area contributed by atoms with E-state index in [0.29, 0.717) is 12.8 Å². The van der Waals surface area contributed by atoms with E-state index < -0.39 is 36.9 Å². The maximum absolute atomic E-state index is 12.1. The van der Waals surface area contributed by atoms with Crippen LogP contribution in [0.15, 0.2) is 0 Å². The Kier molecular flexibility index (Phi) is 17.1. The quantitative estimate of drug-likeness (QED) is 0.238. The molecule has 3 N–H and O–H groups in total. The molecule has 0 unspecified atom stereocenters. The van der Waals surface area contributed by atoms with Crippen molar-refractivity contribution in [1.82, 2.24) is 0 Å². The number of hydrogen-bond acceptors (Lipinski definition) is 7. The van der Waals surface area contributed by atoms with Crippen LogP contribution in [0.25, 0.3) is 0 Å². The van der Waals surface area contributed by atoms with Gasteiger partial charge in [-0.15, -0.1) is 0 Å². The van der Waals surface area contributed by atoms with E-state index in [2.05, 4.69) is 13.8 Å². The summed E-state index contributed by atoms with van der Waals surface area (Å²) in [4.78, 5) is 24.0. The second-order valence-corrected chi connectivity index (χ2v) is 7.39. The molecule has 7 nitrogen and oxygen atoms in total. The van der Waals surface area contributed by atoms with E-state index in [-0.39, 0.29) is 19.4 Å². The standard InChI is InChI=1S/C21H40O7/c1-3-5-7-9-11-17(23)13-21(26)28-19(12-10-8-6-4-2)14-20(25)27-16-18(24)15-22/h17-19,22-24H,3-16H2,1-2H3/t17-,18+,19+/m0/s1. The number of unbranched alkanes of at least 4 members (excludes halogenated alkanes) is 6. The highest BCUT2D eigenvalue weighted by Gasteiger charge is 2.21. The van der Waals surface area contributed by atoms with Crippen LogP contribution in [0.2, 0.25) is 0 Å². The summed E-state index contributed by atoms with van der Waals surface area (Å²) in [5, 5.41) is 28.0. The van der Waals surface area contributed by atoms with Gasteiger partial charge in [0.15, 0.2) is 0 Å². The number of rotatable bonds is 18. The molecule has 0 rings (SSSR count). The minimum atomic E-state index is -1.11. The molecule has 0 saturated carbocycles. The van der Waals surface area contributed by atoms with Crippen molar-refractivity contribution in [2.75, 3.05) is 13.2 Å². The molecule has 0 radical (unpaired) electrons. The normalized spacial score (nSPS) is 14.3. The van der Waals surface area contributed by atoms with Crippen molar-refractivity contribution in [3.8, 4) is 0 Å². The summed E-state index contributed by atoms with van der Waals surface area (Å²) in [6.45, 7) is 3.44. The maximum atomic E-state index is 12.1. The van der Waals surface area contributed by atoms with Gasteiger partial charge in [-0.05, 0) is 19.3 Å². The van der Waals surface area contributed by atoms with Crippen LogP contribution in [0.5, 0.6) is 0 Å². The lowest BCUT2D eigenvalue weighted by atomic mass is 10.1. The zero-order valence-electron chi connectivity index (χ0n) is 17.6. The number of ether oxygens (including phenoxy) is 2. The van der Waals surface area contributed by atoms with Crippen LogP contribution in [-0.2, 0) is 19.1 Å². The summed E-state index contributed by atoms with van der Waals surface area (Å²) in [6, 6.07) is 0. The van der Waals surface area contributed by atoms with E-state index in [1.165, 1.54) is 0 Å². The van der Waals surface area contributed by atoms with E-state index in [1.807, 2.05) is 0 Å². The Morgan fingerprint density at radius 3 is 1.96 bits per heavy atom. The largest absolute Gasteiger partial charge is 0.463 e. The third-order valence-electron chi connectivity index (χ3n) is 4.51. The Morgan fingerprint density at radius 2 is 1.39 bits per heavy atom. The van der Waals surface area contributed by atoms with Crippen LogP contribution < -0.4 is 0 Å². The predicted molar refractivity (Wildman–Crippen MR) is 107 cm³/mol. The average Bonchev–Trinajstić information content (AvgIpc) is 2.66. The molecule has 0 bridgehead atoms. The molecule has 0 amide bonds. The van der Waals surface area contributed by atoms with Crippen LogP contribution in [0, 0.1) is 0 Å². The van der Waals surface area contributed by atoms with Gasteiger partial charge in [0.2, 0.25) is 0 Å². The first-order chi connectivity index (χ1) is 13.4. The molecule has 0 aliphatic rings. The van der Waals surface area contributed by atoms with Gasteiger partial charge in [0.05, 0.1) is 25.6 Å². The van der Waals surface area contributed by atoms with Crippen LogP contribution in [-0.4, -0.2) is 58.8 Å². The second-order valence-electron chi connectivity index (χ2n) is 7.39. The van der Waals surface area contributed by atoms with Crippen LogP contribution in [0.4, 0.5) is 0 Å². The Balaban J connectivity index is 4.40. The minimum absolute atomic E-state index is 0.0736. The SMILES string of the molecule is CCCCCC[C@H](O)CC(=O)O[C@H](CCCCCC)CC(=O)OC[C@H](O)CO. The first-order valence-electron chi connectivity index (χ1n) is 10.7. The van der Waals surface area contributed by atoms with Gasteiger partial charge in [-0.3, -0.25) is 9.59 Å². The summed E-state index contributed by atoms with van der Waals surface area (Å²) >= 11 is 0. The second kappa shape index (κ2) is 17.9. The van der Waals surface area contributed by atoms with Crippen LogP contribution >= 0.6 is 0 Å². The first kappa shape index (κ1) is 26.8. The molecule has 0 aliphatic carbocycles. The van der Waals surface area contributed by atoms with Crippen molar-refractivity contribution >= 4 is 11.9 Å². The topological polar surface area (TPSA) is 113 Å². The molecule has 0 aromatic heterocycles. The van der Waals surface area contributed by atoms with Gasteiger partial charge in [-0.2, -0.15) is 0 Å². The Morgan fingerprint density at radius 1 is 0.786 bits per heavy atom. The van der Waals surface area contributed by atoms with E-state index in [1.54, 1.807) is 0 Å². The van der Waals surface area contributed by atoms with Gasteiger partial charge in [-0.25, -0.2) is 0 Å². The molecule has 0 spiro atoms. The Hall–Kier alpha value is -1.18. The smallest absolute Gasteiger partial charge is 0.309 e. The zero-order chi connectivity index (χ0) is 21.2. The monoisotopic (exact) mass is 404 g/mol. The molecular weight excluding hydrogens is 364 g/mol. The zero-order valence-corrected chi connectivity index (χ0v) is 17.6. The van der Waals surface area contributed by atoms with Gasteiger partial charge < -0.3 is 24.8 Å². The van der Waals surface area contributed by atoms with E-state index in [4.69, 9.17) is 14.6 Å². The Bertz CT molecular complexity index is 400. The maximum Gasteiger partial charge on any atom is 0.309 e. The number of aliphatic hydroxyl groups is 3. The number of hydrogen-bond donors (Lipinski definition) is 3. The summed E-state index contributed by atoms with van der Waals surface area (Å²) in [5.41, 5.74) is 0. The number of carbonyl (C=O) groups excluding carboxylic acids is 2. The summed E-state index contributed by atoms with van der Waals surface area (Å²) in [5.74, 6) is -1.09. The molecule has 0 aromatic carbocycles. The lowest BCUT2D eigenvalue weighted by Crippen LogP contribution is -2.27. The van der Waals surface area contributed by atoms with Gasteiger partial charge >= 0.3 is 11.9 Å². The molecule has 0 heterocycles. The first-order valence-corrected chi connectivity index (χ1v) is 10.7. The predicted octanol–water partition coefficient (Wildman–Crippen LogP) is 2.88. The fraction of sp³-hybridized carbons (Fsp3) is 0.905. The average molecular weight is 405 g/mol.